The van der Waals surface area contributed by atoms with Crippen molar-refractivity contribution in [2.24, 2.45) is 11.8 Å². The Kier molecular flexibility index (Phi) is 5.90. The van der Waals surface area contributed by atoms with Crippen LogP contribution < -0.4 is 5.32 Å². The number of nitrogens with zero attached hydrogens (tertiary/aromatic N) is 3. The number of imidazole rings is 1. The Hall–Kier alpha value is -3.54. The van der Waals surface area contributed by atoms with Gasteiger partial charge in [-0.2, -0.15) is 0 Å². The van der Waals surface area contributed by atoms with Gasteiger partial charge in [-0.25, -0.2) is 4.98 Å². The van der Waals surface area contributed by atoms with E-state index in [-0.39, 0.29) is 29.6 Å². The lowest BCUT2D eigenvalue weighted by Crippen LogP contribution is -2.30. The minimum absolute atomic E-state index is 0.0114. The summed E-state index contributed by atoms with van der Waals surface area (Å²) >= 11 is 0. The molecule has 3 heterocycles. The molecule has 1 fully saturated rings. The first kappa shape index (κ1) is 21.3. The van der Waals surface area contributed by atoms with Crippen LogP contribution in [0.3, 0.4) is 0 Å². The van der Waals surface area contributed by atoms with Gasteiger partial charge < -0.3 is 9.88 Å². The Morgan fingerprint density at radius 1 is 0.970 bits per heavy atom. The average Bonchev–Trinajstić information content (AvgIpc) is 3.43. The Balaban J connectivity index is 1.24. The second-order valence-electron chi connectivity index (χ2n) is 9.06. The van der Waals surface area contributed by atoms with Gasteiger partial charge in [-0.3, -0.25) is 14.6 Å². The number of carbonyl (C=O) groups is 2. The van der Waals surface area contributed by atoms with Gasteiger partial charge in [-0.15, -0.1) is 0 Å². The van der Waals surface area contributed by atoms with Gasteiger partial charge in [0.15, 0.2) is 0 Å². The van der Waals surface area contributed by atoms with Gasteiger partial charge >= 0.3 is 0 Å². The van der Waals surface area contributed by atoms with Crippen LogP contribution in [-0.2, 0) is 9.59 Å². The highest BCUT2D eigenvalue weighted by molar-refractivity contribution is 5.96. The fourth-order valence-corrected chi connectivity index (χ4v) is 5.31. The largest absolute Gasteiger partial charge is 0.324 e. The number of aromatic nitrogens is 3. The van der Waals surface area contributed by atoms with Crippen LogP contribution in [0, 0.1) is 11.8 Å². The van der Waals surface area contributed by atoms with Crippen molar-refractivity contribution in [2.45, 2.75) is 45.1 Å². The van der Waals surface area contributed by atoms with Gasteiger partial charge in [0.1, 0.15) is 5.78 Å². The van der Waals surface area contributed by atoms with Crippen LogP contribution in [0.25, 0.3) is 11.1 Å². The molecule has 6 nitrogen and oxygen atoms in total. The van der Waals surface area contributed by atoms with E-state index in [0.29, 0.717) is 12.1 Å². The number of pyridine rings is 1. The maximum Gasteiger partial charge on any atom is 0.227 e. The van der Waals surface area contributed by atoms with Crippen LogP contribution in [0.15, 0.2) is 67.4 Å². The lowest BCUT2D eigenvalue weighted by Gasteiger charge is -2.28. The summed E-state index contributed by atoms with van der Waals surface area (Å²) in [7, 11) is 0. The molecule has 1 amide bonds. The van der Waals surface area contributed by atoms with E-state index in [1.54, 1.807) is 18.5 Å². The summed E-state index contributed by atoms with van der Waals surface area (Å²) < 4.78 is 2.14. The fourth-order valence-electron chi connectivity index (χ4n) is 5.31. The second-order valence-corrected chi connectivity index (χ2v) is 9.06. The van der Waals surface area contributed by atoms with Gasteiger partial charge in [0.25, 0.3) is 0 Å². The van der Waals surface area contributed by atoms with E-state index in [0.717, 1.165) is 36.9 Å². The third-order valence-corrected chi connectivity index (χ3v) is 7.08. The van der Waals surface area contributed by atoms with Crippen LogP contribution in [0.4, 0.5) is 5.69 Å². The highest BCUT2D eigenvalue weighted by Gasteiger charge is 2.35. The predicted octanol–water partition coefficient (Wildman–Crippen LogP) is 5.17. The Morgan fingerprint density at radius 3 is 2.45 bits per heavy atom. The van der Waals surface area contributed by atoms with E-state index in [9.17, 15) is 9.59 Å². The molecule has 1 aliphatic carbocycles. The molecule has 0 saturated heterocycles. The zero-order chi connectivity index (χ0) is 22.8. The topological polar surface area (TPSA) is 76.9 Å². The molecule has 1 aliphatic heterocycles. The molecule has 3 aromatic rings. The molecule has 6 heteroatoms. The Labute approximate surface area is 193 Å². The highest BCUT2D eigenvalue weighted by Crippen LogP contribution is 2.44. The molecule has 2 aliphatic rings. The standard InChI is InChI=1S/C27H28N4O2/c1-18-24-16-29-17-31(24)23(26(18)20-6-3-2-4-7-20)14-25(32)19-9-11-21(12-10-19)27(33)30-22-8-5-13-28-15-22/h2-8,13,15-17,19,21,23H,9-12,14H2,1H3,(H,30,33). The molecule has 2 aromatic heterocycles. The lowest BCUT2D eigenvalue weighted by atomic mass is 9.78. The number of Topliss-reactive ketones (excluding diaryl/α,β-unsaturated/α-hetero) is 1. The third kappa shape index (κ3) is 4.25. The van der Waals surface area contributed by atoms with E-state index < -0.39 is 0 Å². The number of hydrogen-bond acceptors (Lipinski definition) is 4. The average molecular weight is 441 g/mol. The number of ketones is 1. The third-order valence-electron chi connectivity index (χ3n) is 7.08. The van der Waals surface area contributed by atoms with Crippen molar-refractivity contribution in [3.63, 3.8) is 0 Å². The summed E-state index contributed by atoms with van der Waals surface area (Å²) in [6.07, 6.45) is 10.5. The van der Waals surface area contributed by atoms with Crippen molar-refractivity contribution >= 4 is 28.5 Å². The second kappa shape index (κ2) is 9.14. The molecule has 1 saturated carbocycles. The molecular formula is C27H28N4O2. The number of fused-ring (bicyclic) bond motifs is 1. The van der Waals surface area contributed by atoms with E-state index >= 15 is 0 Å². The molecule has 0 bridgehead atoms. The minimum Gasteiger partial charge on any atom is -0.324 e. The van der Waals surface area contributed by atoms with Crippen molar-refractivity contribution < 1.29 is 9.59 Å². The first-order chi connectivity index (χ1) is 16.1. The number of carbonyl (C=O) groups excluding carboxylic acids is 2. The Bertz CT molecular complexity index is 1180. The fraction of sp³-hybridized carbons (Fsp3) is 0.333. The number of benzene rings is 1. The maximum absolute atomic E-state index is 13.4. The first-order valence-corrected chi connectivity index (χ1v) is 11.6. The van der Waals surface area contributed by atoms with Crippen molar-refractivity contribution in [2.75, 3.05) is 5.32 Å². The van der Waals surface area contributed by atoms with Gasteiger partial charge in [-0.1, -0.05) is 30.3 Å². The molecule has 1 unspecified atom stereocenters. The monoisotopic (exact) mass is 440 g/mol. The van der Waals surface area contributed by atoms with Crippen molar-refractivity contribution in [3.05, 3.63) is 78.6 Å². The number of anilines is 1. The normalized spacial score (nSPS) is 22.2. The van der Waals surface area contributed by atoms with E-state index in [4.69, 9.17) is 0 Å². The number of allylic oxidation sites excluding steroid dienone is 2. The Morgan fingerprint density at radius 2 is 1.73 bits per heavy atom. The molecule has 0 spiro atoms. The molecule has 168 valence electrons. The summed E-state index contributed by atoms with van der Waals surface area (Å²) in [4.78, 5) is 34.4. The molecule has 1 atom stereocenters. The number of rotatable bonds is 6. The van der Waals surface area contributed by atoms with Gasteiger partial charge in [0.2, 0.25) is 5.91 Å². The molecule has 1 aromatic carbocycles. The quantitative estimate of drug-likeness (QED) is 0.574. The molecule has 0 radical (unpaired) electrons. The molecule has 1 N–H and O–H groups in total. The summed E-state index contributed by atoms with van der Waals surface area (Å²) in [6, 6.07) is 13.9. The molecule has 33 heavy (non-hydrogen) atoms. The predicted molar refractivity (Wildman–Crippen MR) is 128 cm³/mol. The van der Waals surface area contributed by atoms with Crippen LogP contribution in [-0.4, -0.2) is 26.2 Å². The van der Waals surface area contributed by atoms with E-state index in [1.807, 2.05) is 36.8 Å². The van der Waals surface area contributed by atoms with Crippen molar-refractivity contribution in [1.29, 1.82) is 0 Å². The minimum atomic E-state index is -0.0528. The van der Waals surface area contributed by atoms with Crippen molar-refractivity contribution in [3.8, 4) is 0 Å². The SMILES string of the molecule is CC1=C(c2ccccc2)C(CC(=O)C2CCC(C(=O)Nc3cccnc3)CC2)n2cncc21. The van der Waals surface area contributed by atoms with Crippen LogP contribution in [0.2, 0.25) is 0 Å². The van der Waals surface area contributed by atoms with E-state index in [2.05, 4.69) is 38.9 Å². The molecule has 5 rings (SSSR count). The summed E-state index contributed by atoms with van der Waals surface area (Å²) in [5.41, 5.74) is 5.36. The van der Waals surface area contributed by atoms with Gasteiger partial charge in [0, 0.05) is 24.5 Å². The zero-order valence-electron chi connectivity index (χ0n) is 18.8. The van der Waals surface area contributed by atoms with Crippen LogP contribution in [0.5, 0.6) is 0 Å². The van der Waals surface area contributed by atoms with Crippen LogP contribution in [0.1, 0.15) is 56.3 Å². The number of nitrogens with one attached hydrogen (secondary N) is 1. The number of amides is 1. The van der Waals surface area contributed by atoms with Crippen molar-refractivity contribution in [1.82, 2.24) is 14.5 Å². The first-order valence-electron chi connectivity index (χ1n) is 11.6. The van der Waals surface area contributed by atoms with Gasteiger partial charge in [-0.05, 0) is 61.4 Å². The smallest absolute Gasteiger partial charge is 0.227 e. The van der Waals surface area contributed by atoms with Crippen LogP contribution >= 0.6 is 0 Å². The molecular weight excluding hydrogens is 412 g/mol. The van der Waals surface area contributed by atoms with E-state index in [1.165, 1.54) is 11.1 Å². The van der Waals surface area contributed by atoms with Gasteiger partial charge in [0.05, 0.1) is 36.1 Å². The summed E-state index contributed by atoms with van der Waals surface area (Å²) in [6.45, 7) is 2.12. The number of hydrogen-bond donors (Lipinski definition) is 1. The summed E-state index contributed by atoms with van der Waals surface area (Å²) in [5.74, 6) is 0.270. The summed E-state index contributed by atoms with van der Waals surface area (Å²) in [5, 5.41) is 2.95. The highest BCUT2D eigenvalue weighted by atomic mass is 16.2. The zero-order valence-corrected chi connectivity index (χ0v) is 18.8. The maximum atomic E-state index is 13.4. The lowest BCUT2D eigenvalue weighted by molar-refractivity contribution is -0.127.